The van der Waals surface area contributed by atoms with Crippen molar-refractivity contribution in [3.05, 3.63) is 0 Å². The fourth-order valence-corrected chi connectivity index (χ4v) is 4.95. The van der Waals surface area contributed by atoms with Gasteiger partial charge in [0.05, 0.1) is 6.10 Å². The minimum Gasteiger partial charge on any atom is -0.480 e. The van der Waals surface area contributed by atoms with Gasteiger partial charge in [-0.2, -0.15) is 11.8 Å². The Morgan fingerprint density at radius 1 is 1.29 bits per heavy atom. The summed E-state index contributed by atoms with van der Waals surface area (Å²) in [4.78, 5) is 11.8. The highest BCUT2D eigenvalue weighted by molar-refractivity contribution is 7.99. The van der Waals surface area contributed by atoms with Crippen LogP contribution in [0, 0.1) is 5.92 Å². The van der Waals surface area contributed by atoms with Crippen LogP contribution in [0.5, 0.6) is 0 Å². The van der Waals surface area contributed by atoms with Gasteiger partial charge in [0, 0.05) is 18.4 Å². The molecule has 3 unspecified atom stereocenters. The van der Waals surface area contributed by atoms with Crippen LogP contribution in [0.2, 0.25) is 0 Å². The van der Waals surface area contributed by atoms with E-state index >= 15 is 0 Å². The molecular weight excluding hydrogens is 286 g/mol. The molecule has 5 heteroatoms. The molecule has 4 nitrogen and oxygen atoms in total. The van der Waals surface area contributed by atoms with Crippen molar-refractivity contribution < 1.29 is 14.6 Å². The molecule has 2 aliphatic carbocycles. The Balaban J connectivity index is 1.46. The average Bonchev–Trinajstić information content (AvgIpc) is 2.97. The number of nitrogens with one attached hydrogen (secondary N) is 1. The second-order valence-electron chi connectivity index (χ2n) is 6.78. The number of rotatable bonds is 8. The Labute approximate surface area is 131 Å². The number of aliphatic carboxylic acids is 1. The molecule has 1 saturated heterocycles. The summed E-state index contributed by atoms with van der Waals surface area (Å²) in [6.07, 6.45) is 9.06. The van der Waals surface area contributed by atoms with Crippen LogP contribution in [0.3, 0.4) is 0 Å². The second-order valence-corrected chi connectivity index (χ2v) is 7.93. The van der Waals surface area contributed by atoms with Gasteiger partial charge in [-0.15, -0.1) is 0 Å². The Morgan fingerprint density at radius 2 is 2.14 bits per heavy atom. The highest BCUT2D eigenvalue weighted by atomic mass is 32.2. The molecular formula is C16H27NO3S. The zero-order valence-electron chi connectivity index (χ0n) is 12.7. The van der Waals surface area contributed by atoms with Crippen LogP contribution >= 0.6 is 11.8 Å². The van der Waals surface area contributed by atoms with E-state index in [4.69, 9.17) is 4.74 Å². The highest BCUT2D eigenvalue weighted by Gasteiger charge is 2.50. The van der Waals surface area contributed by atoms with Crippen LogP contribution in [0.15, 0.2) is 0 Å². The maximum absolute atomic E-state index is 11.8. The quantitative estimate of drug-likeness (QED) is 0.675. The first kappa shape index (κ1) is 15.6. The summed E-state index contributed by atoms with van der Waals surface area (Å²) in [7, 11) is 0. The third kappa shape index (κ3) is 3.74. The number of hydrogen-bond donors (Lipinski definition) is 2. The number of carboxylic acids is 1. The normalized spacial score (nSPS) is 36.2. The summed E-state index contributed by atoms with van der Waals surface area (Å²) in [6, 6.07) is 0.459. The average molecular weight is 313 g/mol. The monoisotopic (exact) mass is 313 g/mol. The van der Waals surface area contributed by atoms with E-state index in [0.29, 0.717) is 18.1 Å². The minimum absolute atomic E-state index is 0.299. The Hall–Kier alpha value is -0.260. The van der Waals surface area contributed by atoms with Gasteiger partial charge in [-0.05, 0) is 56.6 Å². The van der Waals surface area contributed by atoms with Crippen molar-refractivity contribution in [3.63, 3.8) is 0 Å². The third-order valence-electron chi connectivity index (χ3n) is 5.18. The number of hydrogen-bond acceptors (Lipinski definition) is 4. The van der Waals surface area contributed by atoms with E-state index in [9.17, 15) is 9.90 Å². The molecule has 120 valence electrons. The molecule has 0 radical (unpaired) electrons. The van der Waals surface area contributed by atoms with Crippen LogP contribution in [-0.4, -0.2) is 46.9 Å². The maximum Gasteiger partial charge on any atom is 0.324 e. The predicted octanol–water partition coefficient (Wildman–Crippen LogP) is 2.66. The van der Waals surface area contributed by atoms with Gasteiger partial charge in [0.2, 0.25) is 0 Å². The van der Waals surface area contributed by atoms with E-state index in [-0.39, 0.29) is 0 Å². The van der Waals surface area contributed by atoms with Crippen LogP contribution in [-0.2, 0) is 9.53 Å². The van der Waals surface area contributed by atoms with Gasteiger partial charge in [-0.1, -0.05) is 6.42 Å². The fourth-order valence-electron chi connectivity index (χ4n) is 3.81. The van der Waals surface area contributed by atoms with Crippen LogP contribution in [0.25, 0.3) is 0 Å². The van der Waals surface area contributed by atoms with Crippen LogP contribution in [0.1, 0.15) is 51.4 Å². The number of carbonyl (C=O) groups is 1. The van der Waals surface area contributed by atoms with E-state index in [2.05, 4.69) is 5.32 Å². The lowest BCUT2D eigenvalue weighted by molar-refractivity contribution is -0.146. The van der Waals surface area contributed by atoms with Gasteiger partial charge in [-0.3, -0.25) is 10.1 Å². The van der Waals surface area contributed by atoms with Crippen molar-refractivity contribution in [1.82, 2.24) is 5.32 Å². The van der Waals surface area contributed by atoms with Gasteiger partial charge in [0.25, 0.3) is 0 Å². The fraction of sp³-hybridized carbons (Fsp3) is 0.938. The lowest BCUT2D eigenvalue weighted by Crippen LogP contribution is -2.55. The third-order valence-corrected chi connectivity index (χ3v) is 6.31. The molecule has 3 atom stereocenters. The predicted molar refractivity (Wildman–Crippen MR) is 84.8 cm³/mol. The molecule has 0 spiro atoms. The second kappa shape index (κ2) is 6.88. The summed E-state index contributed by atoms with van der Waals surface area (Å²) in [6.45, 7) is 0.918. The van der Waals surface area contributed by atoms with Gasteiger partial charge < -0.3 is 9.84 Å². The Bertz CT molecular complexity index is 369. The molecule has 1 heterocycles. The van der Waals surface area contributed by atoms with Crippen LogP contribution in [0.4, 0.5) is 0 Å². The van der Waals surface area contributed by atoms with Crippen molar-refractivity contribution in [3.8, 4) is 0 Å². The molecule has 0 aromatic heterocycles. The van der Waals surface area contributed by atoms with Crippen molar-refractivity contribution in [1.29, 1.82) is 0 Å². The first-order valence-electron chi connectivity index (χ1n) is 8.41. The van der Waals surface area contributed by atoms with Crippen molar-refractivity contribution in [2.75, 3.05) is 18.1 Å². The summed E-state index contributed by atoms with van der Waals surface area (Å²) in [5.74, 6) is 1.81. The number of ether oxygens (including phenoxy) is 1. The lowest BCUT2D eigenvalue weighted by atomic mass is 9.85. The molecule has 0 aromatic rings. The molecule has 0 bridgehead atoms. The standard InChI is InChI=1S/C16H27NO3S/c18-15(19)16(17-13-5-6-13)8-1-3-12(16)7-10-21-11-14-4-2-9-20-14/h12-14,17H,1-11H2,(H,18,19). The maximum atomic E-state index is 11.8. The first-order valence-corrected chi connectivity index (χ1v) is 9.56. The zero-order valence-corrected chi connectivity index (χ0v) is 13.5. The van der Waals surface area contributed by atoms with Crippen LogP contribution < -0.4 is 5.32 Å². The molecule has 21 heavy (non-hydrogen) atoms. The number of carboxylic acid groups (broad SMARTS) is 1. The Morgan fingerprint density at radius 3 is 2.81 bits per heavy atom. The topological polar surface area (TPSA) is 58.6 Å². The summed E-state index contributed by atoms with van der Waals surface area (Å²) < 4.78 is 5.64. The van der Waals surface area contributed by atoms with E-state index in [1.165, 1.54) is 12.8 Å². The molecule has 3 aliphatic rings. The zero-order chi connectivity index (χ0) is 14.7. The van der Waals surface area contributed by atoms with Crippen molar-refractivity contribution >= 4 is 17.7 Å². The lowest BCUT2D eigenvalue weighted by Gasteiger charge is -2.33. The SMILES string of the molecule is O=C(O)C1(NC2CC2)CCCC1CCSCC1CCCO1. The summed E-state index contributed by atoms with van der Waals surface area (Å²) >= 11 is 1.94. The van der Waals surface area contributed by atoms with Gasteiger partial charge in [0.15, 0.2) is 0 Å². The van der Waals surface area contributed by atoms with E-state index < -0.39 is 11.5 Å². The molecule has 1 aliphatic heterocycles. The molecule has 0 amide bonds. The summed E-state index contributed by atoms with van der Waals surface area (Å²) in [5.41, 5.74) is -0.633. The molecule has 0 aromatic carbocycles. The highest BCUT2D eigenvalue weighted by Crippen LogP contribution is 2.41. The van der Waals surface area contributed by atoms with Gasteiger partial charge >= 0.3 is 5.97 Å². The number of thioether (sulfide) groups is 1. The van der Waals surface area contributed by atoms with Crippen molar-refractivity contribution in [2.24, 2.45) is 5.92 Å². The van der Waals surface area contributed by atoms with Crippen molar-refractivity contribution in [2.45, 2.75) is 69.1 Å². The van der Waals surface area contributed by atoms with E-state index in [1.54, 1.807) is 0 Å². The van der Waals surface area contributed by atoms with Gasteiger partial charge in [-0.25, -0.2) is 0 Å². The van der Waals surface area contributed by atoms with E-state index in [0.717, 1.165) is 56.6 Å². The van der Waals surface area contributed by atoms with Gasteiger partial charge in [0.1, 0.15) is 5.54 Å². The molecule has 3 rings (SSSR count). The van der Waals surface area contributed by atoms with E-state index in [1.807, 2.05) is 11.8 Å². The molecule has 2 N–H and O–H groups in total. The Kier molecular flexibility index (Phi) is 5.12. The first-order chi connectivity index (χ1) is 10.2. The molecule has 2 saturated carbocycles. The smallest absolute Gasteiger partial charge is 0.324 e. The minimum atomic E-state index is -0.633. The largest absolute Gasteiger partial charge is 0.480 e. The summed E-state index contributed by atoms with van der Waals surface area (Å²) in [5, 5.41) is 13.2. The molecule has 3 fully saturated rings.